The van der Waals surface area contributed by atoms with Crippen molar-refractivity contribution in [2.75, 3.05) is 5.88 Å². The van der Waals surface area contributed by atoms with Crippen molar-refractivity contribution in [3.8, 4) is 0 Å². The summed E-state index contributed by atoms with van der Waals surface area (Å²) in [6.45, 7) is 0. The largest absolute Gasteiger partial charge is 0.293 e. The zero-order valence-corrected chi connectivity index (χ0v) is 8.89. The number of rotatable bonds is 2. The fourth-order valence-electron chi connectivity index (χ4n) is 0.831. The van der Waals surface area contributed by atoms with Crippen LogP contribution in [0.4, 0.5) is 4.39 Å². The number of halogens is 3. The quantitative estimate of drug-likeness (QED) is 0.466. The Morgan fingerprint density at radius 1 is 1.58 bits per heavy atom. The monoisotopic (exact) mass is 298 g/mol. The molecule has 0 amide bonds. The Hall–Kier alpha value is -0.160. The number of hydrogen-bond acceptors (Lipinski definition) is 1. The van der Waals surface area contributed by atoms with Crippen molar-refractivity contribution in [1.29, 1.82) is 0 Å². The summed E-state index contributed by atoms with van der Waals surface area (Å²) in [5.41, 5.74) is 0.0908. The molecule has 0 aliphatic rings. The van der Waals surface area contributed by atoms with Gasteiger partial charge in [-0.1, -0.05) is 6.07 Å². The lowest BCUT2D eigenvalue weighted by molar-refractivity contribution is 0.101. The Morgan fingerprint density at radius 3 is 2.75 bits per heavy atom. The van der Waals surface area contributed by atoms with Crippen LogP contribution < -0.4 is 0 Å². The van der Waals surface area contributed by atoms with Gasteiger partial charge < -0.3 is 0 Å². The number of benzene rings is 1. The molecule has 0 atom stereocenters. The summed E-state index contributed by atoms with van der Waals surface area (Å²) in [6, 6.07) is 4.48. The smallest absolute Gasteiger partial charge is 0.181 e. The van der Waals surface area contributed by atoms with Crippen molar-refractivity contribution in [3.63, 3.8) is 0 Å². The van der Waals surface area contributed by atoms with Gasteiger partial charge in [-0.15, -0.1) is 11.6 Å². The van der Waals surface area contributed by atoms with Crippen LogP contribution in [-0.2, 0) is 0 Å². The Kier molecular flexibility index (Phi) is 3.46. The van der Waals surface area contributed by atoms with Crippen LogP contribution in [0.2, 0.25) is 0 Å². The number of Topliss-reactive ketones (excluding diaryl/α,β-unsaturated/α-hetero) is 1. The Bertz CT molecular complexity index is 294. The highest BCUT2D eigenvalue weighted by molar-refractivity contribution is 14.1. The van der Waals surface area contributed by atoms with E-state index in [0.717, 1.165) is 0 Å². The molecule has 0 spiro atoms. The topological polar surface area (TPSA) is 17.1 Å². The highest BCUT2D eigenvalue weighted by Gasteiger charge is 2.13. The summed E-state index contributed by atoms with van der Waals surface area (Å²) < 4.78 is 13.6. The average molecular weight is 298 g/mol. The molecule has 1 rings (SSSR count). The lowest BCUT2D eigenvalue weighted by atomic mass is 10.1. The minimum Gasteiger partial charge on any atom is -0.293 e. The second-order valence-corrected chi connectivity index (χ2v) is 3.58. The van der Waals surface area contributed by atoms with E-state index in [2.05, 4.69) is 0 Å². The highest BCUT2D eigenvalue weighted by atomic mass is 127. The van der Waals surface area contributed by atoms with Gasteiger partial charge in [0.1, 0.15) is 5.82 Å². The third-order valence-electron chi connectivity index (χ3n) is 1.36. The van der Waals surface area contributed by atoms with Crippen molar-refractivity contribution >= 4 is 40.0 Å². The summed E-state index contributed by atoms with van der Waals surface area (Å²) in [5.74, 6) is -1.07. The maximum absolute atomic E-state index is 13.0. The molecule has 4 heteroatoms. The number of carbonyl (C=O) groups excluding carboxylic acids is 1. The van der Waals surface area contributed by atoms with E-state index in [-0.39, 0.29) is 17.2 Å². The number of alkyl halides is 1. The normalized spacial score (nSPS) is 9.92. The van der Waals surface area contributed by atoms with Gasteiger partial charge >= 0.3 is 0 Å². The minimum atomic E-state index is -0.507. The van der Waals surface area contributed by atoms with Crippen LogP contribution >= 0.6 is 34.2 Å². The number of hydrogen-bond donors (Lipinski definition) is 0. The van der Waals surface area contributed by atoms with Gasteiger partial charge in [0, 0.05) is 3.57 Å². The maximum Gasteiger partial charge on any atom is 0.181 e. The third-order valence-corrected chi connectivity index (χ3v) is 2.50. The van der Waals surface area contributed by atoms with E-state index < -0.39 is 5.82 Å². The van der Waals surface area contributed by atoms with E-state index in [1.807, 2.05) is 22.6 Å². The molecule has 0 heterocycles. The van der Waals surface area contributed by atoms with Crippen LogP contribution in [0.15, 0.2) is 18.2 Å². The summed E-state index contributed by atoms with van der Waals surface area (Å²) in [5, 5.41) is 0. The summed E-state index contributed by atoms with van der Waals surface area (Å²) in [4.78, 5) is 11.1. The van der Waals surface area contributed by atoms with Gasteiger partial charge in [0.25, 0.3) is 0 Å². The molecule has 0 aliphatic carbocycles. The molecule has 0 fully saturated rings. The molecule has 1 nitrogen and oxygen atoms in total. The van der Waals surface area contributed by atoms with Gasteiger partial charge in [0.2, 0.25) is 0 Å². The predicted molar refractivity (Wildman–Crippen MR) is 54.2 cm³/mol. The van der Waals surface area contributed by atoms with Crippen molar-refractivity contribution in [1.82, 2.24) is 0 Å². The van der Waals surface area contributed by atoms with Gasteiger partial charge in [0.05, 0.1) is 11.4 Å². The molecule has 64 valence electrons. The second-order valence-electron chi connectivity index (χ2n) is 2.15. The van der Waals surface area contributed by atoms with Crippen molar-refractivity contribution in [3.05, 3.63) is 33.1 Å². The molecular weight excluding hydrogens is 293 g/mol. The van der Waals surface area contributed by atoms with E-state index >= 15 is 0 Å². The lowest BCUT2D eigenvalue weighted by Gasteiger charge is -2.01. The van der Waals surface area contributed by atoms with Crippen molar-refractivity contribution in [2.24, 2.45) is 0 Å². The molecule has 0 radical (unpaired) electrons. The predicted octanol–water partition coefficient (Wildman–Crippen LogP) is 2.85. The Balaban J connectivity index is 3.21. The number of carbonyl (C=O) groups is 1. The molecule has 0 unspecified atom stereocenters. The van der Waals surface area contributed by atoms with E-state index in [1.165, 1.54) is 6.07 Å². The third kappa shape index (κ3) is 1.95. The van der Waals surface area contributed by atoms with Crippen molar-refractivity contribution in [2.45, 2.75) is 0 Å². The van der Waals surface area contributed by atoms with Gasteiger partial charge in [-0.3, -0.25) is 4.79 Å². The Morgan fingerprint density at radius 2 is 2.25 bits per heavy atom. The molecule has 1 aromatic rings. The SMILES string of the molecule is O=C(CCl)c1c(F)cccc1I. The first-order chi connectivity index (χ1) is 5.66. The molecule has 0 aliphatic heterocycles. The van der Waals surface area contributed by atoms with Gasteiger partial charge in [0.15, 0.2) is 5.78 Å². The van der Waals surface area contributed by atoms with Crippen LogP contribution in [0.3, 0.4) is 0 Å². The van der Waals surface area contributed by atoms with Gasteiger partial charge in [-0.05, 0) is 34.7 Å². The first kappa shape index (κ1) is 9.92. The first-order valence-corrected chi connectivity index (χ1v) is 4.81. The van der Waals surface area contributed by atoms with E-state index in [1.54, 1.807) is 12.1 Å². The standard InChI is InChI=1S/C8H5ClFIO/c9-4-7(12)8-5(10)2-1-3-6(8)11/h1-3H,4H2. The highest BCUT2D eigenvalue weighted by Crippen LogP contribution is 2.16. The number of ketones is 1. The fourth-order valence-corrected chi connectivity index (χ4v) is 1.73. The lowest BCUT2D eigenvalue weighted by Crippen LogP contribution is -2.05. The van der Waals surface area contributed by atoms with Crippen LogP contribution in [-0.4, -0.2) is 11.7 Å². The minimum absolute atomic E-state index is 0.0908. The average Bonchev–Trinajstić information content (AvgIpc) is 2.03. The zero-order chi connectivity index (χ0) is 9.14. The molecule has 1 aromatic carbocycles. The molecular formula is C8H5ClFIO. The van der Waals surface area contributed by atoms with Gasteiger partial charge in [-0.25, -0.2) is 4.39 Å². The van der Waals surface area contributed by atoms with Crippen LogP contribution in [0, 0.1) is 9.39 Å². The van der Waals surface area contributed by atoms with Gasteiger partial charge in [-0.2, -0.15) is 0 Å². The van der Waals surface area contributed by atoms with E-state index in [4.69, 9.17) is 11.6 Å². The van der Waals surface area contributed by atoms with E-state index in [9.17, 15) is 9.18 Å². The molecule has 0 saturated heterocycles. The second kappa shape index (κ2) is 4.18. The van der Waals surface area contributed by atoms with Crippen LogP contribution in [0.5, 0.6) is 0 Å². The zero-order valence-electron chi connectivity index (χ0n) is 5.98. The summed E-state index contributed by atoms with van der Waals surface area (Å²) in [6.07, 6.45) is 0. The molecule has 0 saturated carbocycles. The fraction of sp³-hybridized carbons (Fsp3) is 0.125. The van der Waals surface area contributed by atoms with Crippen LogP contribution in [0.25, 0.3) is 0 Å². The molecule has 0 aromatic heterocycles. The molecule has 0 N–H and O–H groups in total. The Labute approximate surface area is 88.1 Å². The van der Waals surface area contributed by atoms with Crippen molar-refractivity contribution < 1.29 is 9.18 Å². The maximum atomic E-state index is 13.0. The van der Waals surface area contributed by atoms with E-state index in [0.29, 0.717) is 3.57 Å². The van der Waals surface area contributed by atoms with Crippen LogP contribution in [0.1, 0.15) is 10.4 Å². The molecule has 12 heavy (non-hydrogen) atoms. The molecule has 0 bridgehead atoms. The summed E-state index contributed by atoms with van der Waals surface area (Å²) >= 11 is 7.22. The summed E-state index contributed by atoms with van der Waals surface area (Å²) in [7, 11) is 0. The first-order valence-electron chi connectivity index (χ1n) is 3.20.